The van der Waals surface area contributed by atoms with Crippen LogP contribution in [0.2, 0.25) is 0 Å². The van der Waals surface area contributed by atoms with E-state index < -0.39 is 37.2 Å². The lowest BCUT2D eigenvalue weighted by Crippen LogP contribution is -2.47. The molecular weight excluding hydrogens is 265 g/mol. The lowest BCUT2D eigenvalue weighted by molar-refractivity contribution is -0.140. The first-order chi connectivity index (χ1) is 8.67. The SMILES string of the molecule is CCCC[C@H](NC(=O)N(C)CCC(F)(F)F)C(=O)O. The maximum atomic E-state index is 12.0. The number of nitrogens with one attached hydrogen (secondary N) is 1. The fourth-order valence-electron chi connectivity index (χ4n) is 1.32. The predicted molar refractivity (Wildman–Crippen MR) is 62.8 cm³/mol. The number of urea groups is 1. The lowest BCUT2D eigenvalue weighted by Gasteiger charge is -2.21. The molecule has 0 fully saturated rings. The van der Waals surface area contributed by atoms with E-state index in [1.54, 1.807) is 0 Å². The second-order valence-corrected chi connectivity index (χ2v) is 4.27. The summed E-state index contributed by atoms with van der Waals surface area (Å²) in [6, 6.07) is -1.88. The molecule has 1 atom stereocenters. The largest absolute Gasteiger partial charge is 0.480 e. The van der Waals surface area contributed by atoms with Crippen LogP contribution in [-0.4, -0.2) is 47.8 Å². The van der Waals surface area contributed by atoms with Gasteiger partial charge in [0, 0.05) is 13.6 Å². The normalized spacial score (nSPS) is 12.9. The molecule has 112 valence electrons. The van der Waals surface area contributed by atoms with Gasteiger partial charge < -0.3 is 15.3 Å². The van der Waals surface area contributed by atoms with Crippen LogP contribution in [0.5, 0.6) is 0 Å². The second kappa shape index (κ2) is 7.85. The molecule has 0 saturated heterocycles. The summed E-state index contributed by atoms with van der Waals surface area (Å²) in [7, 11) is 1.19. The summed E-state index contributed by atoms with van der Waals surface area (Å²) in [4.78, 5) is 23.2. The van der Waals surface area contributed by atoms with E-state index >= 15 is 0 Å². The molecule has 2 amide bonds. The van der Waals surface area contributed by atoms with Crippen molar-refractivity contribution in [2.75, 3.05) is 13.6 Å². The number of carbonyl (C=O) groups excluding carboxylic acids is 1. The fraction of sp³-hybridized carbons (Fsp3) is 0.818. The minimum atomic E-state index is -4.34. The number of nitrogens with zero attached hydrogens (tertiary/aromatic N) is 1. The van der Waals surface area contributed by atoms with Gasteiger partial charge >= 0.3 is 18.2 Å². The Morgan fingerprint density at radius 2 is 1.95 bits per heavy atom. The third kappa shape index (κ3) is 8.28. The van der Waals surface area contributed by atoms with Crippen LogP contribution in [0.15, 0.2) is 0 Å². The van der Waals surface area contributed by atoms with Gasteiger partial charge in [-0.25, -0.2) is 9.59 Å². The van der Waals surface area contributed by atoms with E-state index in [1.807, 2.05) is 6.92 Å². The first kappa shape index (κ1) is 17.5. The number of unbranched alkanes of at least 4 members (excludes halogenated alkanes) is 1. The number of carbonyl (C=O) groups is 2. The maximum Gasteiger partial charge on any atom is 0.390 e. The molecule has 0 aliphatic heterocycles. The van der Waals surface area contributed by atoms with Crippen molar-refractivity contribution in [3.63, 3.8) is 0 Å². The standard InChI is InChI=1S/C11H19F3N2O3/c1-3-4-5-8(9(17)18)15-10(19)16(2)7-6-11(12,13)14/h8H,3-7H2,1-2H3,(H,15,19)(H,17,18)/t8-/m0/s1. The summed E-state index contributed by atoms with van der Waals surface area (Å²) in [5, 5.41) is 11.1. The Balaban J connectivity index is 4.27. The molecule has 0 aromatic carbocycles. The topological polar surface area (TPSA) is 69.6 Å². The molecular formula is C11H19F3N2O3. The van der Waals surface area contributed by atoms with Crippen LogP contribution in [0.1, 0.15) is 32.6 Å². The highest BCUT2D eigenvalue weighted by atomic mass is 19.4. The molecule has 0 rings (SSSR count). The van der Waals surface area contributed by atoms with Crippen molar-refractivity contribution in [1.29, 1.82) is 0 Å². The first-order valence-corrected chi connectivity index (χ1v) is 5.98. The Kier molecular flexibility index (Phi) is 7.25. The first-order valence-electron chi connectivity index (χ1n) is 5.98. The van der Waals surface area contributed by atoms with E-state index in [1.165, 1.54) is 7.05 Å². The molecule has 19 heavy (non-hydrogen) atoms. The number of halogens is 3. The number of carboxylic acid groups (broad SMARTS) is 1. The number of aliphatic carboxylic acids is 1. The quantitative estimate of drug-likeness (QED) is 0.753. The van der Waals surface area contributed by atoms with Gasteiger partial charge in [-0.05, 0) is 6.42 Å². The average molecular weight is 284 g/mol. The Hall–Kier alpha value is -1.47. The van der Waals surface area contributed by atoms with E-state index in [0.29, 0.717) is 6.42 Å². The lowest BCUT2D eigenvalue weighted by atomic mass is 10.1. The molecule has 0 aromatic heterocycles. The zero-order valence-corrected chi connectivity index (χ0v) is 11.0. The zero-order valence-electron chi connectivity index (χ0n) is 11.0. The molecule has 5 nitrogen and oxygen atoms in total. The van der Waals surface area contributed by atoms with Gasteiger partial charge in [0.05, 0.1) is 6.42 Å². The molecule has 8 heteroatoms. The molecule has 0 aliphatic rings. The summed E-state index contributed by atoms with van der Waals surface area (Å²) in [5.74, 6) is -1.19. The van der Waals surface area contributed by atoms with Crippen molar-refractivity contribution in [3.05, 3.63) is 0 Å². The molecule has 0 aromatic rings. The predicted octanol–water partition coefficient (Wildman–Crippen LogP) is 2.22. The number of hydrogen-bond donors (Lipinski definition) is 2. The molecule has 0 heterocycles. The molecule has 0 unspecified atom stereocenters. The van der Waals surface area contributed by atoms with Gasteiger partial charge in [0.15, 0.2) is 0 Å². The van der Waals surface area contributed by atoms with Crippen LogP contribution in [0.3, 0.4) is 0 Å². The minimum Gasteiger partial charge on any atom is -0.480 e. The maximum absolute atomic E-state index is 12.0. The van der Waals surface area contributed by atoms with E-state index in [2.05, 4.69) is 5.32 Å². The van der Waals surface area contributed by atoms with Crippen molar-refractivity contribution >= 4 is 12.0 Å². The van der Waals surface area contributed by atoms with Crippen molar-refractivity contribution in [2.45, 2.75) is 44.8 Å². The second-order valence-electron chi connectivity index (χ2n) is 4.27. The highest BCUT2D eigenvalue weighted by molar-refractivity contribution is 5.82. The average Bonchev–Trinajstić information content (AvgIpc) is 2.29. The summed E-state index contributed by atoms with van der Waals surface area (Å²) in [6.07, 6.45) is -3.83. The summed E-state index contributed by atoms with van der Waals surface area (Å²) in [6.45, 7) is 1.37. The van der Waals surface area contributed by atoms with Gasteiger partial charge in [-0.1, -0.05) is 19.8 Å². The molecule has 0 aliphatic carbocycles. The third-order valence-corrected chi connectivity index (χ3v) is 2.52. The Labute approximate surface area is 109 Å². The molecule has 0 radical (unpaired) electrons. The van der Waals surface area contributed by atoms with Gasteiger partial charge in [0.25, 0.3) is 0 Å². The van der Waals surface area contributed by atoms with Crippen LogP contribution in [0.4, 0.5) is 18.0 Å². The van der Waals surface area contributed by atoms with E-state index in [0.717, 1.165) is 11.3 Å². The smallest absolute Gasteiger partial charge is 0.390 e. The van der Waals surface area contributed by atoms with Gasteiger partial charge in [0.1, 0.15) is 6.04 Å². The van der Waals surface area contributed by atoms with Crippen molar-refractivity contribution < 1.29 is 27.9 Å². The highest BCUT2D eigenvalue weighted by Gasteiger charge is 2.29. The molecule has 2 N–H and O–H groups in total. The van der Waals surface area contributed by atoms with Gasteiger partial charge in [-0.3, -0.25) is 0 Å². The number of carboxylic acids is 1. The molecule has 0 bridgehead atoms. The van der Waals surface area contributed by atoms with Gasteiger partial charge in [0.2, 0.25) is 0 Å². The van der Waals surface area contributed by atoms with Crippen LogP contribution in [-0.2, 0) is 4.79 Å². The van der Waals surface area contributed by atoms with Crippen LogP contribution >= 0.6 is 0 Å². The number of amides is 2. The Bertz CT molecular complexity index is 308. The monoisotopic (exact) mass is 284 g/mol. The van der Waals surface area contributed by atoms with Crippen LogP contribution < -0.4 is 5.32 Å². The van der Waals surface area contributed by atoms with Crippen molar-refractivity contribution in [3.8, 4) is 0 Å². The van der Waals surface area contributed by atoms with Gasteiger partial charge in [-0.2, -0.15) is 13.2 Å². The fourth-order valence-corrected chi connectivity index (χ4v) is 1.32. The summed E-state index contributed by atoms with van der Waals surface area (Å²) < 4.78 is 36.0. The van der Waals surface area contributed by atoms with Crippen molar-refractivity contribution in [2.24, 2.45) is 0 Å². The van der Waals surface area contributed by atoms with Crippen LogP contribution in [0.25, 0.3) is 0 Å². The Morgan fingerprint density at radius 1 is 1.37 bits per heavy atom. The van der Waals surface area contributed by atoms with E-state index in [-0.39, 0.29) is 6.42 Å². The third-order valence-electron chi connectivity index (χ3n) is 2.52. The Morgan fingerprint density at radius 3 is 2.37 bits per heavy atom. The summed E-state index contributed by atoms with van der Waals surface area (Å²) in [5.41, 5.74) is 0. The molecule has 0 saturated carbocycles. The minimum absolute atomic E-state index is 0.255. The zero-order chi connectivity index (χ0) is 15.1. The van der Waals surface area contributed by atoms with Crippen LogP contribution in [0, 0.1) is 0 Å². The molecule has 0 spiro atoms. The summed E-state index contributed by atoms with van der Waals surface area (Å²) >= 11 is 0. The van der Waals surface area contributed by atoms with Crippen molar-refractivity contribution in [1.82, 2.24) is 10.2 Å². The highest BCUT2D eigenvalue weighted by Crippen LogP contribution is 2.19. The van der Waals surface area contributed by atoms with E-state index in [9.17, 15) is 22.8 Å². The van der Waals surface area contributed by atoms with Gasteiger partial charge in [-0.15, -0.1) is 0 Å². The number of rotatable bonds is 7. The number of hydrogen-bond acceptors (Lipinski definition) is 2. The van der Waals surface area contributed by atoms with E-state index in [4.69, 9.17) is 5.11 Å². The number of alkyl halides is 3.